The van der Waals surface area contributed by atoms with E-state index in [1.54, 1.807) is 23.6 Å². The van der Waals surface area contributed by atoms with Crippen molar-refractivity contribution < 1.29 is 4.74 Å². The Morgan fingerprint density at radius 2 is 2.04 bits per heavy atom. The second-order valence-corrected chi connectivity index (χ2v) is 7.62. The molecule has 1 aliphatic heterocycles. The Morgan fingerprint density at radius 1 is 1.22 bits per heavy atom. The highest BCUT2D eigenvalue weighted by Gasteiger charge is 2.29. The summed E-state index contributed by atoms with van der Waals surface area (Å²) >= 11 is 7.84. The molecule has 0 N–H and O–H groups in total. The Morgan fingerprint density at radius 3 is 2.78 bits per heavy atom. The first-order chi connectivity index (χ1) is 11.3. The van der Waals surface area contributed by atoms with Crippen molar-refractivity contribution in [2.24, 2.45) is 5.92 Å². The van der Waals surface area contributed by atoms with Gasteiger partial charge in [-0.2, -0.15) is 0 Å². The second-order valence-electron chi connectivity index (χ2n) is 6.23. The van der Waals surface area contributed by atoms with Crippen LogP contribution < -0.4 is 9.64 Å². The van der Waals surface area contributed by atoms with Crippen LogP contribution in [0.5, 0.6) is 5.88 Å². The molecule has 0 amide bonds. The number of nitrogens with zero attached hydrogens (tertiary/aromatic N) is 4. The van der Waals surface area contributed by atoms with Gasteiger partial charge in [0.15, 0.2) is 0 Å². The highest BCUT2D eigenvalue weighted by Crippen LogP contribution is 2.42. The van der Waals surface area contributed by atoms with Gasteiger partial charge in [-0.05, 0) is 43.7 Å². The molecular formula is C16H19ClN4OS. The molecule has 2 fully saturated rings. The Labute approximate surface area is 144 Å². The molecule has 2 aliphatic rings. The average molecular weight is 351 g/mol. The Balaban J connectivity index is 1.28. The normalized spacial score (nSPS) is 19.1. The molecule has 2 aromatic rings. The number of ether oxygens (including phenoxy) is 1. The van der Waals surface area contributed by atoms with E-state index in [9.17, 15) is 0 Å². The van der Waals surface area contributed by atoms with E-state index in [2.05, 4.69) is 20.1 Å². The van der Waals surface area contributed by atoms with Gasteiger partial charge < -0.3 is 9.64 Å². The summed E-state index contributed by atoms with van der Waals surface area (Å²) in [6.45, 7) is 2.71. The fourth-order valence-electron chi connectivity index (χ4n) is 2.81. The van der Waals surface area contributed by atoms with Gasteiger partial charge in [-0.25, -0.2) is 4.98 Å². The van der Waals surface area contributed by atoms with Gasteiger partial charge in [-0.1, -0.05) is 22.9 Å². The minimum atomic E-state index is 0.537. The van der Waals surface area contributed by atoms with E-state index in [0.717, 1.165) is 31.1 Å². The van der Waals surface area contributed by atoms with Crippen LogP contribution in [0.15, 0.2) is 18.3 Å². The predicted molar refractivity (Wildman–Crippen MR) is 91.6 cm³/mol. The van der Waals surface area contributed by atoms with Crippen molar-refractivity contribution in [3.63, 3.8) is 0 Å². The van der Waals surface area contributed by atoms with Crippen molar-refractivity contribution >= 4 is 28.1 Å². The lowest BCUT2D eigenvalue weighted by Crippen LogP contribution is -2.35. The third-order valence-corrected chi connectivity index (χ3v) is 5.86. The number of rotatable bonds is 5. The van der Waals surface area contributed by atoms with E-state index >= 15 is 0 Å². The number of halogens is 1. The van der Waals surface area contributed by atoms with Crippen LogP contribution in [0.25, 0.3) is 0 Å². The van der Waals surface area contributed by atoms with Gasteiger partial charge in [0.2, 0.25) is 11.0 Å². The Bertz CT molecular complexity index is 668. The van der Waals surface area contributed by atoms with Crippen LogP contribution in [-0.4, -0.2) is 34.9 Å². The van der Waals surface area contributed by atoms with Gasteiger partial charge in [-0.3, -0.25) is 0 Å². The maximum Gasteiger partial charge on any atom is 0.232 e. The van der Waals surface area contributed by atoms with E-state index in [4.69, 9.17) is 16.3 Å². The second kappa shape index (κ2) is 6.61. The van der Waals surface area contributed by atoms with Crippen molar-refractivity contribution in [3.05, 3.63) is 28.4 Å². The van der Waals surface area contributed by atoms with Crippen LogP contribution in [0.3, 0.4) is 0 Å². The van der Waals surface area contributed by atoms with E-state index < -0.39 is 0 Å². The van der Waals surface area contributed by atoms with Gasteiger partial charge in [0.05, 0.1) is 6.61 Å². The summed E-state index contributed by atoms with van der Waals surface area (Å²) in [5.74, 6) is 1.77. The number of anilines is 1. The molecule has 5 nitrogen and oxygen atoms in total. The summed E-state index contributed by atoms with van der Waals surface area (Å²) < 4.78 is 5.77. The number of aromatic nitrogens is 3. The largest absolute Gasteiger partial charge is 0.476 e. The van der Waals surface area contributed by atoms with Crippen molar-refractivity contribution in [1.82, 2.24) is 15.2 Å². The monoisotopic (exact) mass is 350 g/mol. The van der Waals surface area contributed by atoms with Gasteiger partial charge >= 0.3 is 0 Å². The highest BCUT2D eigenvalue weighted by molar-refractivity contribution is 7.15. The van der Waals surface area contributed by atoms with Crippen molar-refractivity contribution in [2.75, 3.05) is 24.6 Å². The van der Waals surface area contributed by atoms with Crippen LogP contribution in [0.1, 0.15) is 36.6 Å². The van der Waals surface area contributed by atoms with Crippen molar-refractivity contribution in [2.45, 2.75) is 31.6 Å². The van der Waals surface area contributed by atoms with Gasteiger partial charge in [0.1, 0.15) is 10.0 Å². The molecule has 0 bridgehead atoms. The van der Waals surface area contributed by atoms with Crippen molar-refractivity contribution in [3.8, 4) is 5.88 Å². The summed E-state index contributed by atoms with van der Waals surface area (Å²) in [7, 11) is 0. The van der Waals surface area contributed by atoms with E-state index in [1.165, 1.54) is 17.8 Å². The van der Waals surface area contributed by atoms with E-state index in [1.807, 2.05) is 6.07 Å². The lowest BCUT2D eigenvalue weighted by Gasteiger charge is -2.31. The smallest absolute Gasteiger partial charge is 0.232 e. The average Bonchev–Trinajstić information content (AvgIpc) is 3.32. The number of hydrogen-bond acceptors (Lipinski definition) is 6. The van der Waals surface area contributed by atoms with Crippen LogP contribution in [-0.2, 0) is 0 Å². The van der Waals surface area contributed by atoms with E-state index in [0.29, 0.717) is 29.3 Å². The zero-order chi connectivity index (χ0) is 15.6. The molecular weight excluding hydrogens is 332 g/mol. The Hall–Kier alpha value is -1.40. The summed E-state index contributed by atoms with van der Waals surface area (Å²) in [6.07, 6.45) is 6.47. The summed E-state index contributed by atoms with van der Waals surface area (Å²) in [5, 5.41) is 11.6. The first-order valence-corrected chi connectivity index (χ1v) is 9.30. The topological polar surface area (TPSA) is 51.1 Å². The molecule has 0 radical (unpaired) electrons. The minimum Gasteiger partial charge on any atom is -0.476 e. The molecule has 1 aliphatic carbocycles. The predicted octanol–water partition coefficient (Wildman–Crippen LogP) is 3.76. The maximum absolute atomic E-state index is 6.07. The molecule has 0 spiro atoms. The third-order valence-electron chi connectivity index (χ3n) is 4.42. The molecule has 0 atom stereocenters. The highest BCUT2D eigenvalue weighted by atomic mass is 35.5. The molecule has 4 rings (SSSR count). The molecule has 1 saturated heterocycles. The van der Waals surface area contributed by atoms with Crippen LogP contribution >= 0.6 is 22.9 Å². The molecule has 2 aromatic heterocycles. The lowest BCUT2D eigenvalue weighted by atomic mass is 9.98. The minimum absolute atomic E-state index is 0.537. The first kappa shape index (κ1) is 15.1. The number of pyridine rings is 1. The third kappa shape index (κ3) is 3.58. The molecule has 1 saturated carbocycles. The fraction of sp³-hybridized carbons (Fsp3) is 0.562. The van der Waals surface area contributed by atoms with Crippen LogP contribution in [0, 0.1) is 5.92 Å². The van der Waals surface area contributed by atoms with Gasteiger partial charge in [-0.15, -0.1) is 10.2 Å². The molecule has 7 heteroatoms. The maximum atomic E-state index is 6.07. The SMILES string of the molecule is Clc1cccnc1OCC1CCN(c2nnc(C3CC3)s2)CC1. The number of piperidine rings is 1. The standard InChI is InChI=1S/C16H19ClN4OS/c17-13-2-1-7-18-14(13)22-10-11-5-8-21(9-6-11)16-20-19-15(23-16)12-3-4-12/h1-2,7,11-12H,3-6,8-10H2. The molecule has 0 aromatic carbocycles. The van der Waals surface area contributed by atoms with Crippen LogP contribution in [0.2, 0.25) is 5.02 Å². The Kier molecular flexibility index (Phi) is 4.35. The zero-order valence-electron chi connectivity index (χ0n) is 12.8. The fourth-order valence-corrected chi connectivity index (χ4v) is 4.06. The lowest BCUT2D eigenvalue weighted by molar-refractivity contribution is 0.216. The molecule has 122 valence electrons. The molecule has 23 heavy (non-hydrogen) atoms. The molecule has 3 heterocycles. The summed E-state index contributed by atoms with van der Waals surface area (Å²) in [5.41, 5.74) is 0. The van der Waals surface area contributed by atoms with Gasteiger partial charge in [0, 0.05) is 25.2 Å². The number of hydrogen-bond donors (Lipinski definition) is 0. The quantitative estimate of drug-likeness (QED) is 0.821. The van der Waals surface area contributed by atoms with Crippen LogP contribution in [0.4, 0.5) is 5.13 Å². The van der Waals surface area contributed by atoms with Crippen molar-refractivity contribution in [1.29, 1.82) is 0 Å². The summed E-state index contributed by atoms with van der Waals surface area (Å²) in [4.78, 5) is 6.52. The van der Waals surface area contributed by atoms with Gasteiger partial charge in [0.25, 0.3) is 0 Å². The first-order valence-electron chi connectivity index (χ1n) is 8.11. The molecule has 0 unspecified atom stereocenters. The van der Waals surface area contributed by atoms with E-state index in [-0.39, 0.29) is 0 Å². The zero-order valence-corrected chi connectivity index (χ0v) is 14.4. The summed E-state index contributed by atoms with van der Waals surface area (Å²) in [6, 6.07) is 3.62.